The Morgan fingerprint density at radius 2 is 1.92 bits per heavy atom. The van der Waals surface area contributed by atoms with Crippen LogP contribution in [0.5, 0.6) is 0 Å². The van der Waals surface area contributed by atoms with Crippen LogP contribution < -0.4 is 0 Å². The molecule has 1 aliphatic rings. The summed E-state index contributed by atoms with van der Waals surface area (Å²) in [5, 5.41) is 8.39. The van der Waals surface area contributed by atoms with Gasteiger partial charge in [-0.1, -0.05) is 0 Å². The van der Waals surface area contributed by atoms with Crippen LogP contribution in [0.25, 0.3) is 0 Å². The highest BCUT2D eigenvalue weighted by molar-refractivity contribution is 8.00. The number of carboxylic acids is 1. The summed E-state index contributed by atoms with van der Waals surface area (Å²) in [5.74, 6) is -1.94. The number of carbonyl (C=O) groups is 3. The molecule has 0 atom stereocenters. The fourth-order valence-electron chi connectivity index (χ4n) is 1.04. The number of carboxylic acid groups (broad SMARTS) is 1. The minimum atomic E-state index is -1.09. The summed E-state index contributed by atoms with van der Waals surface area (Å²) >= 11 is 1.25. The van der Waals surface area contributed by atoms with Crippen molar-refractivity contribution in [3.63, 3.8) is 0 Å². The van der Waals surface area contributed by atoms with Gasteiger partial charge in [-0.25, -0.2) is 0 Å². The second kappa shape index (κ2) is 3.71. The minimum absolute atomic E-state index is 0.251. The van der Waals surface area contributed by atoms with E-state index in [4.69, 9.17) is 5.11 Å². The van der Waals surface area contributed by atoms with Crippen LogP contribution >= 0.6 is 11.8 Å². The third-order valence-corrected chi connectivity index (χ3v) is 2.62. The van der Waals surface area contributed by atoms with Crippen LogP contribution in [0.15, 0.2) is 0 Å². The summed E-state index contributed by atoms with van der Waals surface area (Å²) in [4.78, 5) is 32.3. The van der Waals surface area contributed by atoms with E-state index in [1.807, 2.05) is 0 Å². The van der Waals surface area contributed by atoms with E-state index in [9.17, 15) is 14.4 Å². The summed E-state index contributed by atoms with van der Waals surface area (Å²) in [6.45, 7) is 0. The second-order valence-electron chi connectivity index (χ2n) is 2.58. The maximum absolute atomic E-state index is 11.0. The molecule has 1 rings (SSSR count). The number of rotatable bonds is 2. The van der Waals surface area contributed by atoms with Crippen molar-refractivity contribution < 1.29 is 19.5 Å². The lowest BCUT2D eigenvalue weighted by atomic mass is 9.97. The Kier molecular flexibility index (Phi) is 2.86. The van der Waals surface area contributed by atoms with E-state index < -0.39 is 11.9 Å². The molecule has 66 valence electrons. The zero-order valence-electron chi connectivity index (χ0n) is 6.28. The number of ketones is 2. The molecule has 0 amide bonds. The highest BCUT2D eigenvalue weighted by atomic mass is 32.2. The standard InChI is InChI=1S/C7H8O4S/c8-5-2-12-3-6(9)4(5)1-7(10)11/h4H,1-3H2,(H,10,11). The first kappa shape index (κ1) is 9.25. The van der Waals surface area contributed by atoms with Gasteiger partial charge in [-0.05, 0) is 0 Å². The normalized spacial score (nSPS) is 19.7. The fourth-order valence-corrected chi connectivity index (χ4v) is 1.94. The Balaban J connectivity index is 2.63. The maximum atomic E-state index is 11.0. The third kappa shape index (κ3) is 2.07. The number of thioether (sulfide) groups is 1. The average molecular weight is 188 g/mol. The maximum Gasteiger partial charge on any atom is 0.304 e. The molecule has 0 saturated carbocycles. The molecule has 1 N–H and O–H groups in total. The Bertz CT molecular complexity index is 220. The van der Waals surface area contributed by atoms with Crippen molar-refractivity contribution >= 4 is 29.3 Å². The monoisotopic (exact) mass is 188 g/mol. The number of aliphatic carboxylic acids is 1. The molecule has 0 aromatic rings. The molecule has 0 aliphatic carbocycles. The summed E-state index contributed by atoms with van der Waals surface area (Å²) in [7, 11) is 0. The SMILES string of the molecule is O=C(O)CC1C(=O)CSCC1=O. The highest BCUT2D eigenvalue weighted by Gasteiger charge is 2.31. The lowest BCUT2D eigenvalue weighted by molar-refractivity contribution is -0.143. The predicted molar refractivity (Wildman–Crippen MR) is 43.1 cm³/mol. The molecule has 1 fully saturated rings. The van der Waals surface area contributed by atoms with Crippen molar-refractivity contribution in [2.24, 2.45) is 5.92 Å². The van der Waals surface area contributed by atoms with E-state index >= 15 is 0 Å². The Hall–Kier alpha value is -0.840. The summed E-state index contributed by atoms with van der Waals surface area (Å²) in [6, 6.07) is 0. The molecule has 1 aliphatic heterocycles. The lowest BCUT2D eigenvalue weighted by Crippen LogP contribution is -2.33. The van der Waals surface area contributed by atoms with Crippen molar-refractivity contribution in [2.45, 2.75) is 6.42 Å². The topological polar surface area (TPSA) is 71.4 Å². The molecule has 1 saturated heterocycles. The van der Waals surface area contributed by atoms with Crippen molar-refractivity contribution in [1.29, 1.82) is 0 Å². The van der Waals surface area contributed by atoms with Crippen LogP contribution in [0.2, 0.25) is 0 Å². The Morgan fingerprint density at radius 1 is 1.42 bits per heavy atom. The number of Topliss-reactive ketones (excluding diaryl/α,β-unsaturated/α-hetero) is 2. The van der Waals surface area contributed by atoms with Gasteiger partial charge in [0.25, 0.3) is 0 Å². The Morgan fingerprint density at radius 3 is 2.33 bits per heavy atom. The molecule has 5 heteroatoms. The van der Waals surface area contributed by atoms with E-state index in [1.165, 1.54) is 11.8 Å². The van der Waals surface area contributed by atoms with Crippen LogP contribution in [0.3, 0.4) is 0 Å². The first-order valence-corrected chi connectivity index (χ1v) is 4.61. The van der Waals surface area contributed by atoms with Crippen LogP contribution in [-0.4, -0.2) is 34.1 Å². The molecular weight excluding hydrogens is 180 g/mol. The van der Waals surface area contributed by atoms with Crippen molar-refractivity contribution in [3.05, 3.63) is 0 Å². The molecule has 0 bridgehead atoms. The molecule has 0 aromatic carbocycles. The van der Waals surface area contributed by atoms with Crippen molar-refractivity contribution in [1.82, 2.24) is 0 Å². The van der Waals surface area contributed by atoms with Gasteiger partial charge in [0.2, 0.25) is 0 Å². The van der Waals surface area contributed by atoms with Crippen LogP contribution in [0, 0.1) is 5.92 Å². The quantitative estimate of drug-likeness (QED) is 0.616. The second-order valence-corrected chi connectivity index (χ2v) is 3.56. The molecule has 0 unspecified atom stereocenters. The fraction of sp³-hybridized carbons (Fsp3) is 0.571. The first-order valence-electron chi connectivity index (χ1n) is 3.46. The highest BCUT2D eigenvalue weighted by Crippen LogP contribution is 2.19. The van der Waals surface area contributed by atoms with Gasteiger partial charge in [-0.15, -0.1) is 11.8 Å². The molecule has 0 aromatic heterocycles. The van der Waals surface area contributed by atoms with Gasteiger partial charge in [0.1, 0.15) is 0 Å². The van der Waals surface area contributed by atoms with E-state index in [-0.39, 0.29) is 29.5 Å². The average Bonchev–Trinajstić information content (AvgIpc) is 1.97. The van der Waals surface area contributed by atoms with Crippen LogP contribution in [-0.2, 0) is 14.4 Å². The van der Waals surface area contributed by atoms with Gasteiger partial charge in [-0.3, -0.25) is 14.4 Å². The number of hydrogen-bond donors (Lipinski definition) is 1. The van der Waals surface area contributed by atoms with Gasteiger partial charge in [0, 0.05) is 0 Å². The molecule has 12 heavy (non-hydrogen) atoms. The van der Waals surface area contributed by atoms with Crippen LogP contribution in [0.1, 0.15) is 6.42 Å². The smallest absolute Gasteiger partial charge is 0.304 e. The lowest BCUT2D eigenvalue weighted by Gasteiger charge is -2.16. The van der Waals surface area contributed by atoms with Crippen molar-refractivity contribution in [2.75, 3.05) is 11.5 Å². The van der Waals surface area contributed by atoms with Crippen LogP contribution in [0.4, 0.5) is 0 Å². The van der Waals surface area contributed by atoms with Gasteiger partial charge >= 0.3 is 5.97 Å². The molecule has 0 radical (unpaired) electrons. The largest absolute Gasteiger partial charge is 0.481 e. The number of hydrogen-bond acceptors (Lipinski definition) is 4. The minimum Gasteiger partial charge on any atom is -0.481 e. The zero-order chi connectivity index (χ0) is 9.14. The van der Waals surface area contributed by atoms with Gasteiger partial charge < -0.3 is 5.11 Å². The van der Waals surface area contributed by atoms with Crippen molar-refractivity contribution in [3.8, 4) is 0 Å². The molecule has 0 spiro atoms. The van der Waals surface area contributed by atoms with E-state index in [1.54, 1.807) is 0 Å². The van der Waals surface area contributed by atoms with Gasteiger partial charge in [0.05, 0.1) is 23.8 Å². The summed E-state index contributed by atoms with van der Waals surface area (Å²) in [6.07, 6.45) is -0.349. The number of carbonyl (C=O) groups excluding carboxylic acids is 2. The summed E-state index contributed by atoms with van der Waals surface area (Å²) < 4.78 is 0. The Labute approximate surface area is 73.3 Å². The molecular formula is C7H8O4S. The van der Waals surface area contributed by atoms with E-state index in [0.29, 0.717) is 0 Å². The van der Waals surface area contributed by atoms with E-state index in [0.717, 1.165) is 0 Å². The van der Waals surface area contributed by atoms with E-state index in [2.05, 4.69) is 0 Å². The zero-order valence-corrected chi connectivity index (χ0v) is 7.10. The predicted octanol–water partition coefficient (Wildman–Crippen LogP) is -0.0377. The molecule has 1 heterocycles. The first-order chi connectivity index (χ1) is 5.61. The summed E-state index contributed by atoms with van der Waals surface area (Å²) in [5.41, 5.74) is 0. The molecule has 4 nitrogen and oxygen atoms in total. The van der Waals surface area contributed by atoms with Gasteiger partial charge in [-0.2, -0.15) is 0 Å². The third-order valence-electron chi connectivity index (χ3n) is 1.64. The van der Waals surface area contributed by atoms with Gasteiger partial charge in [0.15, 0.2) is 11.6 Å².